The third kappa shape index (κ3) is 1.39. The van der Waals surface area contributed by atoms with Crippen molar-refractivity contribution >= 4 is 0 Å². The molecule has 13 heavy (non-hydrogen) atoms. The van der Waals surface area contributed by atoms with Crippen molar-refractivity contribution < 1.29 is 4.92 Å². The minimum absolute atomic E-state index is 0.208. The topological polar surface area (TPSA) is 43.1 Å². The second-order valence-corrected chi connectivity index (χ2v) is 4.35. The molecule has 0 aromatic rings. The maximum atomic E-state index is 11.0. The molecule has 0 N–H and O–H groups in total. The number of hydrogen-bond donors (Lipinski definition) is 0. The Kier molecular flexibility index (Phi) is 2.06. The molecule has 0 aromatic carbocycles. The molecule has 0 radical (unpaired) electrons. The molecule has 1 aliphatic carbocycles. The highest BCUT2D eigenvalue weighted by atomic mass is 16.6. The lowest BCUT2D eigenvalue weighted by Gasteiger charge is -2.34. The van der Waals surface area contributed by atoms with Gasteiger partial charge in [0.15, 0.2) is 0 Å². The Hall–Kier alpha value is -1.12. The van der Waals surface area contributed by atoms with Crippen molar-refractivity contribution in [2.45, 2.75) is 33.2 Å². The molecule has 0 saturated heterocycles. The van der Waals surface area contributed by atoms with Crippen LogP contribution in [0.4, 0.5) is 0 Å². The average molecular weight is 181 g/mol. The number of hydrogen-bond acceptors (Lipinski definition) is 2. The Morgan fingerprint density at radius 1 is 1.38 bits per heavy atom. The second-order valence-electron chi connectivity index (χ2n) is 4.35. The van der Waals surface area contributed by atoms with Gasteiger partial charge in [0.1, 0.15) is 0 Å². The van der Waals surface area contributed by atoms with E-state index in [1.165, 1.54) is 0 Å². The number of nitrogens with zero attached hydrogens (tertiary/aromatic N) is 1. The summed E-state index contributed by atoms with van der Waals surface area (Å²) in [4.78, 5) is 10.8. The first-order chi connectivity index (χ1) is 5.79. The monoisotopic (exact) mass is 181 g/mol. The van der Waals surface area contributed by atoms with Crippen LogP contribution in [-0.4, -0.2) is 10.5 Å². The van der Waals surface area contributed by atoms with Crippen LogP contribution in [0.15, 0.2) is 23.8 Å². The first kappa shape index (κ1) is 9.96. The molecule has 0 aromatic heterocycles. The SMILES string of the molecule is CC1=CC(C)([N+](=O)[O-])C(C)(C)C=C1. The number of allylic oxidation sites excluding steroid dienone is 2. The second kappa shape index (κ2) is 2.69. The van der Waals surface area contributed by atoms with Crippen LogP contribution in [0.2, 0.25) is 0 Å². The first-order valence-electron chi connectivity index (χ1n) is 4.33. The summed E-state index contributed by atoms with van der Waals surface area (Å²) in [5, 5.41) is 11.0. The van der Waals surface area contributed by atoms with Gasteiger partial charge in [-0.25, -0.2) is 0 Å². The lowest BCUT2D eigenvalue weighted by Crippen LogP contribution is -2.47. The quantitative estimate of drug-likeness (QED) is 0.461. The minimum atomic E-state index is -0.980. The largest absolute Gasteiger partial charge is 0.264 e. The van der Waals surface area contributed by atoms with Crippen molar-refractivity contribution in [2.75, 3.05) is 0 Å². The van der Waals surface area contributed by atoms with Crippen molar-refractivity contribution in [1.82, 2.24) is 0 Å². The van der Waals surface area contributed by atoms with Crippen molar-refractivity contribution in [2.24, 2.45) is 5.41 Å². The van der Waals surface area contributed by atoms with Gasteiger partial charge >= 0.3 is 0 Å². The summed E-state index contributed by atoms with van der Waals surface area (Å²) in [6.07, 6.45) is 5.57. The van der Waals surface area contributed by atoms with Crippen molar-refractivity contribution in [3.8, 4) is 0 Å². The van der Waals surface area contributed by atoms with Crippen molar-refractivity contribution in [3.63, 3.8) is 0 Å². The Labute approximate surface area is 78.3 Å². The van der Waals surface area contributed by atoms with E-state index in [9.17, 15) is 10.1 Å². The summed E-state index contributed by atoms with van der Waals surface area (Å²) in [5.74, 6) is 0. The van der Waals surface area contributed by atoms with E-state index < -0.39 is 11.0 Å². The third-order valence-electron chi connectivity index (χ3n) is 2.96. The minimum Gasteiger partial charge on any atom is -0.264 e. The zero-order valence-corrected chi connectivity index (χ0v) is 8.50. The van der Waals surface area contributed by atoms with E-state index in [0.29, 0.717) is 0 Å². The molecule has 0 heterocycles. The molecular weight excluding hydrogens is 166 g/mol. The molecule has 1 rings (SSSR count). The Balaban J connectivity index is 3.22. The molecule has 0 fully saturated rings. The van der Waals surface area contributed by atoms with Crippen molar-refractivity contribution in [3.05, 3.63) is 33.9 Å². The molecule has 1 unspecified atom stereocenters. The molecular formula is C10H15NO2. The van der Waals surface area contributed by atoms with Crippen LogP contribution in [0, 0.1) is 15.5 Å². The fraction of sp³-hybridized carbons (Fsp3) is 0.600. The molecule has 0 spiro atoms. The van der Waals surface area contributed by atoms with E-state index >= 15 is 0 Å². The Bertz CT molecular complexity index is 302. The van der Waals surface area contributed by atoms with Gasteiger partial charge in [-0.05, 0) is 32.4 Å². The van der Waals surface area contributed by atoms with Gasteiger partial charge in [-0.1, -0.05) is 12.2 Å². The van der Waals surface area contributed by atoms with Crippen molar-refractivity contribution in [1.29, 1.82) is 0 Å². The molecule has 72 valence electrons. The molecule has 1 aliphatic rings. The first-order valence-corrected chi connectivity index (χ1v) is 4.33. The number of nitro groups is 1. The summed E-state index contributed by atoms with van der Waals surface area (Å²) < 4.78 is 0. The fourth-order valence-electron chi connectivity index (χ4n) is 1.47. The van der Waals surface area contributed by atoms with Crippen LogP contribution >= 0.6 is 0 Å². The Morgan fingerprint density at radius 3 is 2.31 bits per heavy atom. The van der Waals surface area contributed by atoms with Gasteiger partial charge < -0.3 is 0 Å². The van der Waals surface area contributed by atoms with Gasteiger partial charge in [-0.3, -0.25) is 10.1 Å². The lowest BCUT2D eigenvalue weighted by atomic mass is 9.70. The zero-order chi connectivity index (χ0) is 10.3. The summed E-state index contributed by atoms with van der Waals surface area (Å²) >= 11 is 0. The van der Waals surface area contributed by atoms with E-state index in [4.69, 9.17) is 0 Å². The summed E-state index contributed by atoms with van der Waals surface area (Å²) in [6, 6.07) is 0. The van der Waals surface area contributed by atoms with Gasteiger partial charge in [0.2, 0.25) is 5.54 Å². The molecule has 0 bridgehead atoms. The Morgan fingerprint density at radius 2 is 1.92 bits per heavy atom. The number of rotatable bonds is 1. The van der Waals surface area contributed by atoms with Crippen LogP contribution in [0.5, 0.6) is 0 Å². The van der Waals surface area contributed by atoms with E-state index in [1.54, 1.807) is 13.0 Å². The third-order valence-corrected chi connectivity index (χ3v) is 2.96. The summed E-state index contributed by atoms with van der Waals surface area (Å²) in [6.45, 7) is 7.32. The maximum absolute atomic E-state index is 11.0. The van der Waals surface area contributed by atoms with E-state index in [-0.39, 0.29) is 4.92 Å². The highest BCUT2D eigenvalue weighted by molar-refractivity contribution is 5.31. The maximum Gasteiger partial charge on any atom is 0.246 e. The van der Waals surface area contributed by atoms with Crippen LogP contribution in [-0.2, 0) is 0 Å². The van der Waals surface area contributed by atoms with Gasteiger partial charge in [0, 0.05) is 11.8 Å². The van der Waals surface area contributed by atoms with E-state index in [0.717, 1.165) is 5.57 Å². The van der Waals surface area contributed by atoms with Crippen LogP contribution in [0.3, 0.4) is 0 Å². The normalized spacial score (nSPS) is 31.2. The average Bonchev–Trinajstić information content (AvgIpc) is 1.98. The van der Waals surface area contributed by atoms with Crippen LogP contribution in [0.1, 0.15) is 27.7 Å². The van der Waals surface area contributed by atoms with Gasteiger partial charge in [0.25, 0.3) is 0 Å². The fourth-order valence-corrected chi connectivity index (χ4v) is 1.47. The predicted molar refractivity (Wildman–Crippen MR) is 52.1 cm³/mol. The molecule has 0 aliphatic heterocycles. The van der Waals surface area contributed by atoms with E-state index in [1.807, 2.05) is 32.9 Å². The molecule has 3 nitrogen and oxygen atoms in total. The molecule has 3 heteroatoms. The van der Waals surface area contributed by atoms with Crippen LogP contribution < -0.4 is 0 Å². The van der Waals surface area contributed by atoms with Gasteiger partial charge in [-0.2, -0.15) is 0 Å². The summed E-state index contributed by atoms with van der Waals surface area (Å²) in [7, 11) is 0. The van der Waals surface area contributed by atoms with E-state index in [2.05, 4.69) is 0 Å². The molecule has 0 saturated carbocycles. The predicted octanol–water partition coefficient (Wildman–Crippen LogP) is 2.56. The highest BCUT2D eigenvalue weighted by Crippen LogP contribution is 2.39. The standard InChI is InChI=1S/C10H15NO2/c1-8-5-6-9(2,3)10(4,7-8)11(12)13/h5-7H,1-4H3. The van der Waals surface area contributed by atoms with Gasteiger partial charge in [0.05, 0.1) is 5.41 Å². The lowest BCUT2D eigenvalue weighted by molar-refractivity contribution is -0.567. The van der Waals surface area contributed by atoms with Gasteiger partial charge in [-0.15, -0.1) is 0 Å². The smallest absolute Gasteiger partial charge is 0.246 e. The summed E-state index contributed by atoms with van der Waals surface area (Å²) in [5.41, 5.74) is -0.444. The van der Waals surface area contributed by atoms with Crippen LogP contribution in [0.25, 0.3) is 0 Å². The molecule has 1 atom stereocenters. The zero-order valence-electron chi connectivity index (χ0n) is 8.50. The molecule has 0 amide bonds. The highest BCUT2D eigenvalue weighted by Gasteiger charge is 2.49.